The summed E-state index contributed by atoms with van der Waals surface area (Å²) >= 11 is 0. The van der Waals surface area contributed by atoms with E-state index in [1.165, 1.54) is 19.4 Å². The number of carbonyl (C=O) groups excluding carboxylic acids is 7. The number of anilines is 2. The second kappa shape index (κ2) is 36.5. The van der Waals surface area contributed by atoms with Crippen molar-refractivity contribution in [3.63, 3.8) is 0 Å². The third kappa shape index (κ3) is 23.9. The molecule has 1 aromatic heterocycles. The van der Waals surface area contributed by atoms with E-state index in [1.54, 1.807) is 49.9 Å². The molecule has 482 valence electrons. The maximum atomic E-state index is 13.9. The molecule has 1 fully saturated rings. The van der Waals surface area contributed by atoms with Crippen LogP contribution < -0.4 is 37.4 Å². The van der Waals surface area contributed by atoms with E-state index in [0.717, 1.165) is 0 Å². The van der Waals surface area contributed by atoms with Crippen LogP contribution in [0, 0.1) is 17.8 Å². The highest BCUT2D eigenvalue weighted by molar-refractivity contribution is 5.97. The Labute approximate surface area is 503 Å². The van der Waals surface area contributed by atoms with Gasteiger partial charge in [0, 0.05) is 102 Å². The van der Waals surface area contributed by atoms with Crippen LogP contribution >= 0.6 is 0 Å². The quantitative estimate of drug-likeness (QED) is 0.0147. The second-order valence-electron chi connectivity index (χ2n) is 21.3. The summed E-state index contributed by atoms with van der Waals surface area (Å²) in [5.74, 6) is -15.9. The average Bonchev–Trinajstić information content (AvgIpc) is 4.06. The van der Waals surface area contributed by atoms with E-state index in [0.29, 0.717) is 17.5 Å². The van der Waals surface area contributed by atoms with Gasteiger partial charge in [0.25, 0.3) is 10.9 Å². The van der Waals surface area contributed by atoms with Crippen molar-refractivity contribution in [2.45, 2.75) is 82.5 Å². The van der Waals surface area contributed by atoms with Gasteiger partial charge in [-0.15, -0.1) is 0 Å². The molecule has 1 aliphatic heterocycles. The highest BCUT2D eigenvalue weighted by Crippen LogP contribution is 2.20. The normalized spacial score (nSPS) is 16.4. The van der Waals surface area contributed by atoms with Gasteiger partial charge in [0.15, 0.2) is 17.3 Å². The van der Waals surface area contributed by atoms with Crippen molar-refractivity contribution >= 4 is 82.6 Å². The molecule has 32 nitrogen and oxygen atoms in total. The SMILES string of the molecule is C[C@H](NC(=O)[C@H](CC(=O)O)CC(=O)CNc1c(NCCCC(C(=O)O)N2CCN(CC=O)CCN(CC(=O)O)CCN(CC(=O)O)CC2)c(=O)c1=O)C(=O)C[C@@H](Cc1cnc[nH]1)C(=O)N[C@@H](CO)C(=O)C[C@@H](Cc1ccccc1)C(=O)N[C@@H](CO)C(=O)O. The molecule has 1 aliphatic rings. The zero-order chi connectivity index (χ0) is 65.0. The van der Waals surface area contributed by atoms with E-state index in [-0.39, 0.29) is 109 Å². The van der Waals surface area contributed by atoms with Gasteiger partial charge in [-0.3, -0.25) is 77.1 Å². The molecule has 88 heavy (non-hydrogen) atoms. The number of amides is 3. The monoisotopic (exact) mass is 1240 g/mol. The topological polar surface area (TPSA) is 482 Å². The Hall–Kier alpha value is -8.69. The van der Waals surface area contributed by atoms with Crippen LogP contribution in [0.4, 0.5) is 11.4 Å². The fourth-order valence-electron chi connectivity index (χ4n) is 9.84. The van der Waals surface area contributed by atoms with Gasteiger partial charge in [0.2, 0.25) is 17.7 Å². The summed E-state index contributed by atoms with van der Waals surface area (Å²) in [5, 5.41) is 80.6. The minimum absolute atomic E-state index is 0.0152. The van der Waals surface area contributed by atoms with E-state index >= 15 is 0 Å². The van der Waals surface area contributed by atoms with Crippen molar-refractivity contribution in [2.24, 2.45) is 17.8 Å². The first-order valence-electron chi connectivity index (χ1n) is 28.3. The first-order valence-corrected chi connectivity index (χ1v) is 28.3. The van der Waals surface area contributed by atoms with Crippen LogP contribution in [0.25, 0.3) is 0 Å². The van der Waals surface area contributed by atoms with Gasteiger partial charge in [-0.25, -0.2) is 9.78 Å². The molecule has 2 heterocycles. The molecule has 2 aromatic carbocycles. The zero-order valence-corrected chi connectivity index (χ0v) is 48.5. The minimum Gasteiger partial charge on any atom is -0.481 e. The van der Waals surface area contributed by atoms with Gasteiger partial charge >= 0.3 is 29.8 Å². The Kier molecular flexibility index (Phi) is 29.7. The number of imidazole rings is 1. The molecule has 1 unspecified atom stereocenters. The van der Waals surface area contributed by atoms with Crippen molar-refractivity contribution < 1.29 is 93.3 Å². The number of rotatable bonds is 39. The lowest BCUT2D eigenvalue weighted by Crippen LogP contribution is -2.51. The van der Waals surface area contributed by atoms with Gasteiger partial charge in [-0.2, -0.15) is 0 Å². The minimum atomic E-state index is -1.70. The van der Waals surface area contributed by atoms with Crippen molar-refractivity contribution in [3.05, 3.63) is 74.6 Å². The number of aldehydes is 1. The number of carbonyl (C=O) groups is 12. The lowest BCUT2D eigenvalue weighted by Gasteiger charge is -2.35. The van der Waals surface area contributed by atoms with E-state index in [9.17, 15) is 103 Å². The van der Waals surface area contributed by atoms with Crippen molar-refractivity contribution in [2.75, 3.05) is 109 Å². The summed E-state index contributed by atoms with van der Waals surface area (Å²) < 4.78 is 0. The largest absolute Gasteiger partial charge is 0.481 e. The van der Waals surface area contributed by atoms with Gasteiger partial charge in [-0.1, -0.05) is 30.3 Å². The number of aliphatic hydroxyl groups is 2. The van der Waals surface area contributed by atoms with Crippen LogP contribution in [0.3, 0.4) is 0 Å². The lowest BCUT2D eigenvalue weighted by molar-refractivity contribution is -0.144. The highest BCUT2D eigenvalue weighted by Gasteiger charge is 2.35. The van der Waals surface area contributed by atoms with Gasteiger partial charge in [-0.05, 0) is 31.7 Å². The van der Waals surface area contributed by atoms with Crippen LogP contribution in [-0.2, 0) is 70.4 Å². The number of nitrogens with zero attached hydrogens (tertiary/aromatic N) is 5. The third-order valence-electron chi connectivity index (χ3n) is 14.8. The first-order chi connectivity index (χ1) is 41.8. The molecular formula is C56H77N11O21. The van der Waals surface area contributed by atoms with Crippen molar-refractivity contribution in [3.8, 4) is 0 Å². The Morgan fingerprint density at radius 3 is 1.68 bits per heavy atom. The van der Waals surface area contributed by atoms with Gasteiger partial charge in [0.1, 0.15) is 35.8 Å². The van der Waals surface area contributed by atoms with Crippen LogP contribution in [-0.4, -0.2) is 259 Å². The lowest BCUT2D eigenvalue weighted by atomic mass is 9.90. The molecule has 1 saturated heterocycles. The summed E-state index contributed by atoms with van der Waals surface area (Å²) in [5.41, 5.74) is -1.57. The molecule has 7 atom stereocenters. The molecule has 0 radical (unpaired) electrons. The zero-order valence-electron chi connectivity index (χ0n) is 48.5. The Morgan fingerprint density at radius 1 is 0.614 bits per heavy atom. The number of hydrogen-bond acceptors (Lipinski definition) is 23. The predicted octanol–water partition coefficient (Wildman–Crippen LogP) is -4.12. The third-order valence-corrected chi connectivity index (χ3v) is 14.8. The molecule has 0 aliphatic carbocycles. The average molecular weight is 1240 g/mol. The van der Waals surface area contributed by atoms with Crippen LogP contribution in [0.2, 0.25) is 0 Å². The van der Waals surface area contributed by atoms with Gasteiger partial charge in [0.05, 0.1) is 70.0 Å². The number of nitrogens with one attached hydrogen (secondary N) is 6. The molecule has 0 bridgehead atoms. The van der Waals surface area contributed by atoms with Crippen molar-refractivity contribution in [1.29, 1.82) is 0 Å². The molecule has 0 saturated carbocycles. The van der Waals surface area contributed by atoms with E-state index in [4.69, 9.17) is 0 Å². The molecule has 3 aromatic rings. The standard InChI is InChI=1S/C56H77N11O21/c1-33(43(72)23-36(21-38-26-57-32-60-38)54(84)62-40(30-69)44(73)24-35(20-34-6-3-2-4-7-34)53(83)63-41(31-70)55(85)86)61-52(82)37(25-45(74)75)22-39(71)27-59-49-48(50(80)51(49)81)58-9-5-8-42(56(87)88)67-16-14-64(18-19-68)10-11-65(28-46(76)77)12-13-66(15-17-67)29-47(78)79/h2-4,6-7,19,26,32-33,35-37,40-42,58-59,69-70H,5,8-18,20-25,27-31H2,1H3,(H,57,60)(H,61,82)(H,62,84)(H,63,83)(H,74,75)(H,76,77)(H,78,79)(H,85,86)(H,87,88)/t33-,35+,36+,37-,40-,41-,42?/m0/s1. The summed E-state index contributed by atoms with van der Waals surface area (Å²) in [7, 11) is 0. The van der Waals surface area contributed by atoms with Crippen LogP contribution in [0.1, 0.15) is 56.7 Å². The molecule has 0 spiro atoms. The number of aliphatic carboxylic acids is 5. The van der Waals surface area contributed by atoms with Crippen molar-refractivity contribution in [1.82, 2.24) is 45.5 Å². The fourth-order valence-corrected chi connectivity index (χ4v) is 9.84. The molecule has 4 rings (SSSR count). The first kappa shape index (κ1) is 71.8. The number of benzene rings is 1. The number of carboxylic acids is 5. The predicted molar refractivity (Wildman–Crippen MR) is 309 cm³/mol. The number of ketones is 3. The van der Waals surface area contributed by atoms with Crippen LogP contribution in [0.15, 0.2) is 52.4 Å². The summed E-state index contributed by atoms with van der Waals surface area (Å²) in [6.07, 6.45) is 0.256. The summed E-state index contributed by atoms with van der Waals surface area (Å²) in [6, 6.07) is 2.45. The van der Waals surface area contributed by atoms with Crippen LogP contribution in [0.5, 0.6) is 0 Å². The maximum Gasteiger partial charge on any atom is 0.328 e. The number of aromatic nitrogens is 2. The Bertz CT molecular complexity index is 2960. The molecule has 3 amide bonds. The summed E-state index contributed by atoms with van der Waals surface area (Å²) in [6.45, 7) is -0.822. The number of H-pyrrole nitrogens is 1. The maximum absolute atomic E-state index is 13.9. The summed E-state index contributed by atoms with van der Waals surface area (Å²) in [4.78, 5) is 191. The highest BCUT2D eigenvalue weighted by atomic mass is 16.4. The Morgan fingerprint density at radius 2 is 1.15 bits per heavy atom. The number of carboxylic acid groups (broad SMARTS) is 5. The molecular weight excluding hydrogens is 1160 g/mol. The fraction of sp³-hybridized carbons (Fsp3) is 0.554. The van der Waals surface area contributed by atoms with E-state index in [1.807, 2.05) is 0 Å². The number of Topliss-reactive ketones (excluding diaryl/α,β-unsaturated/α-hetero) is 3. The van der Waals surface area contributed by atoms with E-state index < -0.39 is 170 Å². The molecule has 13 N–H and O–H groups in total. The van der Waals surface area contributed by atoms with E-state index in [2.05, 4.69) is 36.6 Å². The smallest absolute Gasteiger partial charge is 0.328 e. The number of aromatic amines is 1. The van der Waals surface area contributed by atoms with Gasteiger partial charge < -0.3 is 72.1 Å². The number of aliphatic hydroxyl groups excluding tert-OH is 2. The molecule has 32 heteroatoms. The number of hydrogen-bond donors (Lipinski definition) is 13. The second-order valence-corrected chi connectivity index (χ2v) is 21.3. The Balaban J connectivity index is 1.37.